The summed E-state index contributed by atoms with van der Waals surface area (Å²) in [6.45, 7) is 0. The van der Waals surface area contributed by atoms with Crippen LogP contribution in [0, 0.1) is 0 Å². The molecule has 1 saturated heterocycles. The van der Waals surface area contributed by atoms with Crippen LogP contribution in [0.15, 0.2) is 24.3 Å². The van der Waals surface area contributed by atoms with E-state index in [0.717, 1.165) is 11.8 Å². The van der Waals surface area contributed by atoms with Gasteiger partial charge in [-0.3, -0.25) is 0 Å². The Hall–Kier alpha value is -1.53. The van der Waals surface area contributed by atoms with Gasteiger partial charge in [-0.25, -0.2) is 13.2 Å². The maximum Gasteiger partial charge on any atom is 0.328 e. The fourth-order valence-corrected chi connectivity index (χ4v) is 4.34. The minimum atomic E-state index is -2.98. The number of aliphatic carboxylic acids is 1. The Bertz CT molecular complexity index is 684. The number of carboxylic acid groups (broad SMARTS) is 1. The number of benzene rings is 1. The summed E-state index contributed by atoms with van der Waals surface area (Å²) in [5.41, 5.74) is 1.41. The second-order valence-electron chi connectivity index (χ2n) is 5.04. The molecule has 1 fully saturated rings. The van der Waals surface area contributed by atoms with E-state index in [1.54, 1.807) is 25.2 Å². The van der Waals surface area contributed by atoms with Crippen molar-refractivity contribution in [2.45, 2.75) is 12.5 Å². The largest absolute Gasteiger partial charge is 0.478 e. The molecule has 5 nitrogen and oxygen atoms in total. The molecule has 1 aromatic rings. The van der Waals surface area contributed by atoms with Crippen molar-refractivity contribution in [3.05, 3.63) is 34.9 Å². The Kier molecular flexibility index (Phi) is 4.58. The summed E-state index contributed by atoms with van der Waals surface area (Å²) < 4.78 is 23.2. The third kappa shape index (κ3) is 3.98. The van der Waals surface area contributed by atoms with E-state index in [1.165, 1.54) is 6.08 Å². The molecular formula is C14H16ClNO4S. The summed E-state index contributed by atoms with van der Waals surface area (Å²) in [5, 5.41) is 9.25. The molecule has 7 heteroatoms. The zero-order valence-corrected chi connectivity index (χ0v) is 13.1. The van der Waals surface area contributed by atoms with Gasteiger partial charge >= 0.3 is 5.97 Å². The lowest BCUT2D eigenvalue weighted by atomic mass is 10.1. The third-order valence-electron chi connectivity index (χ3n) is 3.53. The van der Waals surface area contributed by atoms with Crippen molar-refractivity contribution >= 4 is 39.2 Å². The number of sulfone groups is 1. The first kappa shape index (κ1) is 15.9. The molecule has 1 aliphatic heterocycles. The summed E-state index contributed by atoms with van der Waals surface area (Å²) in [5.74, 6) is -0.747. The first-order chi connectivity index (χ1) is 9.78. The highest BCUT2D eigenvalue weighted by atomic mass is 35.5. The van der Waals surface area contributed by atoms with Crippen molar-refractivity contribution in [3.8, 4) is 0 Å². The molecule has 0 aromatic heterocycles. The van der Waals surface area contributed by atoms with Gasteiger partial charge in [0.1, 0.15) is 0 Å². The van der Waals surface area contributed by atoms with Gasteiger partial charge in [0.2, 0.25) is 0 Å². The van der Waals surface area contributed by atoms with Crippen molar-refractivity contribution in [3.63, 3.8) is 0 Å². The molecule has 1 aromatic carbocycles. The van der Waals surface area contributed by atoms with Crippen LogP contribution < -0.4 is 4.90 Å². The first-order valence-corrected chi connectivity index (χ1v) is 8.62. The molecule has 2 rings (SSSR count). The number of halogens is 1. The molecule has 21 heavy (non-hydrogen) atoms. The quantitative estimate of drug-likeness (QED) is 0.856. The van der Waals surface area contributed by atoms with E-state index >= 15 is 0 Å². The molecule has 1 heterocycles. The highest BCUT2D eigenvalue weighted by Crippen LogP contribution is 2.29. The SMILES string of the molecule is CN(c1cc(Cl)ccc1/C=C/C(=O)O)C1CCS(=O)(=O)C1. The van der Waals surface area contributed by atoms with E-state index in [9.17, 15) is 13.2 Å². The molecule has 1 unspecified atom stereocenters. The first-order valence-electron chi connectivity index (χ1n) is 6.42. The van der Waals surface area contributed by atoms with E-state index < -0.39 is 15.8 Å². The predicted octanol–water partition coefficient (Wildman–Crippen LogP) is 2.06. The van der Waals surface area contributed by atoms with E-state index in [2.05, 4.69) is 0 Å². The summed E-state index contributed by atoms with van der Waals surface area (Å²) in [7, 11) is -1.18. The van der Waals surface area contributed by atoms with Crippen LogP contribution in [0.25, 0.3) is 6.08 Å². The van der Waals surface area contributed by atoms with Crippen LogP contribution in [0.1, 0.15) is 12.0 Å². The molecule has 1 N–H and O–H groups in total. The number of anilines is 1. The standard InChI is InChI=1S/C14H16ClNO4S/c1-16(12-6-7-21(19,20)9-12)13-8-11(15)4-2-10(13)3-5-14(17)18/h2-5,8,12H,6-7,9H2,1H3,(H,17,18)/b5-3+. The van der Waals surface area contributed by atoms with E-state index in [4.69, 9.17) is 16.7 Å². The number of nitrogens with zero attached hydrogens (tertiary/aromatic N) is 1. The topological polar surface area (TPSA) is 74.7 Å². The van der Waals surface area contributed by atoms with Crippen molar-refractivity contribution in [1.82, 2.24) is 0 Å². The van der Waals surface area contributed by atoms with Gasteiger partial charge in [-0.2, -0.15) is 0 Å². The van der Waals surface area contributed by atoms with Crippen LogP contribution in [-0.2, 0) is 14.6 Å². The molecule has 0 amide bonds. The molecule has 0 saturated carbocycles. The highest BCUT2D eigenvalue weighted by Gasteiger charge is 2.31. The van der Waals surface area contributed by atoms with Crippen molar-refractivity contribution in [1.29, 1.82) is 0 Å². The van der Waals surface area contributed by atoms with Crippen LogP contribution in [0.4, 0.5) is 5.69 Å². The summed E-state index contributed by atoms with van der Waals surface area (Å²) in [4.78, 5) is 12.5. The van der Waals surface area contributed by atoms with Crippen LogP contribution in [0.5, 0.6) is 0 Å². The van der Waals surface area contributed by atoms with Gasteiger partial charge in [-0.15, -0.1) is 0 Å². The van der Waals surface area contributed by atoms with E-state index in [1.807, 2.05) is 4.90 Å². The van der Waals surface area contributed by atoms with Crippen molar-refractivity contribution in [2.24, 2.45) is 0 Å². The molecule has 0 spiro atoms. The van der Waals surface area contributed by atoms with Crippen LogP contribution in [0.3, 0.4) is 0 Å². The maximum atomic E-state index is 11.6. The Balaban J connectivity index is 2.33. The van der Waals surface area contributed by atoms with Gasteiger partial charge in [-0.1, -0.05) is 17.7 Å². The third-order valence-corrected chi connectivity index (χ3v) is 5.52. The van der Waals surface area contributed by atoms with E-state index in [0.29, 0.717) is 17.0 Å². The van der Waals surface area contributed by atoms with Gasteiger partial charge in [0.05, 0.1) is 11.5 Å². The molecule has 1 aliphatic rings. The summed E-state index contributed by atoms with van der Waals surface area (Å²) >= 11 is 6.00. The Morgan fingerprint density at radius 1 is 1.48 bits per heavy atom. The summed E-state index contributed by atoms with van der Waals surface area (Å²) in [6.07, 6.45) is 3.09. The number of hydrogen-bond acceptors (Lipinski definition) is 4. The molecule has 0 radical (unpaired) electrons. The number of carboxylic acids is 1. The van der Waals surface area contributed by atoms with Crippen molar-refractivity contribution < 1.29 is 18.3 Å². The lowest BCUT2D eigenvalue weighted by molar-refractivity contribution is -0.131. The monoisotopic (exact) mass is 329 g/mol. The fourth-order valence-electron chi connectivity index (χ4n) is 2.40. The minimum absolute atomic E-state index is 0.109. The number of carbonyl (C=O) groups is 1. The van der Waals surface area contributed by atoms with Gasteiger partial charge in [-0.05, 0) is 30.2 Å². The maximum absolute atomic E-state index is 11.6. The lowest BCUT2D eigenvalue weighted by Gasteiger charge is -2.27. The lowest BCUT2D eigenvalue weighted by Crippen LogP contribution is -2.33. The zero-order valence-electron chi connectivity index (χ0n) is 11.5. The van der Waals surface area contributed by atoms with Gasteiger partial charge in [0, 0.05) is 29.9 Å². The van der Waals surface area contributed by atoms with Gasteiger partial charge in [0.25, 0.3) is 0 Å². The van der Waals surface area contributed by atoms with Crippen molar-refractivity contribution in [2.75, 3.05) is 23.5 Å². The number of hydrogen-bond donors (Lipinski definition) is 1. The van der Waals surface area contributed by atoms with E-state index in [-0.39, 0.29) is 17.5 Å². The van der Waals surface area contributed by atoms with Gasteiger partial charge < -0.3 is 10.0 Å². The minimum Gasteiger partial charge on any atom is -0.478 e. The average molecular weight is 330 g/mol. The van der Waals surface area contributed by atoms with Gasteiger partial charge in [0.15, 0.2) is 9.84 Å². The normalized spacial score (nSPS) is 20.8. The second-order valence-corrected chi connectivity index (χ2v) is 7.71. The molecule has 0 bridgehead atoms. The Morgan fingerprint density at radius 2 is 2.19 bits per heavy atom. The van der Waals surface area contributed by atoms with Crippen LogP contribution in [-0.4, -0.2) is 44.1 Å². The summed E-state index contributed by atoms with van der Waals surface area (Å²) in [6, 6.07) is 4.99. The predicted molar refractivity (Wildman–Crippen MR) is 83.6 cm³/mol. The molecule has 114 valence electrons. The van der Waals surface area contributed by atoms with Crippen LogP contribution in [0.2, 0.25) is 5.02 Å². The smallest absolute Gasteiger partial charge is 0.328 e. The second kappa shape index (κ2) is 6.07. The zero-order chi connectivity index (χ0) is 15.6. The number of rotatable bonds is 4. The highest BCUT2D eigenvalue weighted by molar-refractivity contribution is 7.91. The Morgan fingerprint density at radius 3 is 2.76 bits per heavy atom. The fraction of sp³-hybridized carbons (Fsp3) is 0.357. The molecule has 1 atom stereocenters. The Labute approximate surface area is 128 Å². The molecular weight excluding hydrogens is 314 g/mol. The van der Waals surface area contributed by atoms with Crippen LogP contribution >= 0.6 is 11.6 Å². The molecule has 0 aliphatic carbocycles. The average Bonchev–Trinajstić information content (AvgIpc) is 2.76.